The zero-order valence-electron chi connectivity index (χ0n) is 13.3. The number of anilines is 1. The first-order chi connectivity index (χ1) is 11.1. The second kappa shape index (κ2) is 6.18. The molecule has 1 aromatic carbocycles. The third kappa shape index (κ3) is 3.07. The number of hydrogen-bond acceptors (Lipinski definition) is 4. The molecule has 0 atom stereocenters. The number of hydrogen-bond donors (Lipinski definition) is 1. The SMILES string of the molecule is COCC(=O)Nc1ccc2c(C)cc(-c3nccn3C)nc2c1. The summed E-state index contributed by atoms with van der Waals surface area (Å²) in [7, 11) is 3.43. The number of carbonyl (C=O) groups is 1. The molecule has 0 aliphatic carbocycles. The summed E-state index contributed by atoms with van der Waals surface area (Å²) in [6, 6.07) is 7.71. The van der Waals surface area contributed by atoms with Crippen LogP contribution in [0.1, 0.15) is 5.56 Å². The van der Waals surface area contributed by atoms with Crippen molar-refractivity contribution in [2.75, 3.05) is 19.0 Å². The lowest BCUT2D eigenvalue weighted by Crippen LogP contribution is -2.17. The maximum atomic E-state index is 11.6. The van der Waals surface area contributed by atoms with Crippen molar-refractivity contribution in [3.63, 3.8) is 0 Å². The molecule has 6 nitrogen and oxygen atoms in total. The molecule has 0 unspecified atom stereocenters. The summed E-state index contributed by atoms with van der Waals surface area (Å²) in [6.07, 6.45) is 3.63. The van der Waals surface area contributed by atoms with Crippen molar-refractivity contribution in [1.29, 1.82) is 0 Å². The number of pyridine rings is 1. The van der Waals surface area contributed by atoms with E-state index in [2.05, 4.69) is 15.3 Å². The molecule has 3 aromatic rings. The standard InChI is InChI=1S/C17H18N4O2/c1-11-8-15(17-18-6-7-21(17)2)20-14-9-12(4-5-13(11)14)19-16(22)10-23-3/h4-9H,10H2,1-3H3,(H,19,22). The van der Waals surface area contributed by atoms with Crippen LogP contribution >= 0.6 is 0 Å². The normalized spacial score (nSPS) is 10.9. The lowest BCUT2D eigenvalue weighted by Gasteiger charge is -2.09. The van der Waals surface area contributed by atoms with Gasteiger partial charge in [-0.15, -0.1) is 0 Å². The summed E-state index contributed by atoms with van der Waals surface area (Å²) >= 11 is 0. The van der Waals surface area contributed by atoms with Crippen LogP contribution in [0, 0.1) is 6.92 Å². The third-order valence-electron chi connectivity index (χ3n) is 3.63. The van der Waals surface area contributed by atoms with E-state index in [4.69, 9.17) is 4.74 Å². The minimum atomic E-state index is -0.191. The molecule has 2 heterocycles. The zero-order valence-corrected chi connectivity index (χ0v) is 13.3. The zero-order chi connectivity index (χ0) is 16.4. The molecule has 3 rings (SSSR count). The first-order valence-electron chi connectivity index (χ1n) is 7.26. The van der Waals surface area contributed by atoms with Gasteiger partial charge in [-0.3, -0.25) is 4.79 Å². The number of fused-ring (bicyclic) bond motifs is 1. The fraction of sp³-hybridized carbons (Fsp3) is 0.235. The van der Waals surface area contributed by atoms with Crippen LogP contribution in [-0.2, 0) is 16.6 Å². The lowest BCUT2D eigenvalue weighted by atomic mass is 10.1. The predicted molar refractivity (Wildman–Crippen MR) is 89.2 cm³/mol. The molecule has 6 heteroatoms. The number of aromatic nitrogens is 3. The predicted octanol–water partition coefficient (Wildman–Crippen LogP) is 2.53. The Morgan fingerprint density at radius 3 is 2.87 bits per heavy atom. The second-order valence-corrected chi connectivity index (χ2v) is 5.40. The third-order valence-corrected chi connectivity index (χ3v) is 3.63. The van der Waals surface area contributed by atoms with Crippen molar-refractivity contribution in [2.45, 2.75) is 6.92 Å². The Bertz CT molecular complexity index is 870. The van der Waals surface area contributed by atoms with Crippen LogP contribution in [0.4, 0.5) is 5.69 Å². The van der Waals surface area contributed by atoms with E-state index in [1.165, 1.54) is 7.11 Å². The molecule has 0 spiro atoms. The van der Waals surface area contributed by atoms with Crippen LogP contribution < -0.4 is 5.32 Å². The molecule has 0 fully saturated rings. The Balaban J connectivity index is 2.03. The highest BCUT2D eigenvalue weighted by Gasteiger charge is 2.10. The molecule has 2 aromatic heterocycles. The van der Waals surface area contributed by atoms with Gasteiger partial charge >= 0.3 is 0 Å². The highest BCUT2D eigenvalue weighted by Crippen LogP contribution is 2.25. The van der Waals surface area contributed by atoms with Crippen molar-refractivity contribution in [2.24, 2.45) is 7.05 Å². The van der Waals surface area contributed by atoms with Gasteiger partial charge in [-0.05, 0) is 30.7 Å². The molecule has 0 saturated heterocycles. The van der Waals surface area contributed by atoms with Gasteiger partial charge in [0, 0.05) is 37.6 Å². The number of rotatable bonds is 4. The van der Waals surface area contributed by atoms with E-state index in [-0.39, 0.29) is 12.5 Å². The van der Waals surface area contributed by atoms with Crippen LogP contribution in [0.25, 0.3) is 22.4 Å². The molecule has 23 heavy (non-hydrogen) atoms. The molecular weight excluding hydrogens is 292 g/mol. The number of ether oxygens (including phenoxy) is 1. The Kier molecular flexibility index (Phi) is 4.08. The van der Waals surface area contributed by atoms with Crippen LogP contribution in [0.5, 0.6) is 0 Å². The van der Waals surface area contributed by atoms with Gasteiger partial charge in [0.1, 0.15) is 12.3 Å². The number of aryl methyl sites for hydroxylation is 2. The van der Waals surface area contributed by atoms with Gasteiger partial charge in [-0.25, -0.2) is 9.97 Å². The Hall–Kier alpha value is -2.73. The lowest BCUT2D eigenvalue weighted by molar-refractivity contribution is -0.119. The molecule has 0 aliphatic rings. The van der Waals surface area contributed by atoms with Crippen LogP contribution in [0.3, 0.4) is 0 Å². The molecular formula is C17H18N4O2. The summed E-state index contributed by atoms with van der Waals surface area (Å²) < 4.78 is 6.75. The number of methoxy groups -OCH3 is 1. The van der Waals surface area contributed by atoms with Crippen LogP contribution in [0.2, 0.25) is 0 Å². The molecule has 0 saturated carbocycles. The number of carbonyl (C=O) groups excluding carboxylic acids is 1. The number of nitrogens with zero attached hydrogens (tertiary/aromatic N) is 3. The van der Waals surface area contributed by atoms with Gasteiger partial charge in [-0.1, -0.05) is 6.07 Å². The first kappa shape index (κ1) is 15.2. The molecule has 1 amide bonds. The van der Waals surface area contributed by atoms with Gasteiger partial charge < -0.3 is 14.6 Å². The average Bonchev–Trinajstić information content (AvgIpc) is 2.93. The first-order valence-corrected chi connectivity index (χ1v) is 7.26. The van der Waals surface area contributed by atoms with Crippen molar-refractivity contribution >= 4 is 22.5 Å². The van der Waals surface area contributed by atoms with Gasteiger partial charge in [-0.2, -0.15) is 0 Å². The fourth-order valence-corrected chi connectivity index (χ4v) is 2.54. The van der Waals surface area contributed by atoms with Crippen molar-refractivity contribution in [3.8, 4) is 11.5 Å². The van der Waals surface area contributed by atoms with E-state index >= 15 is 0 Å². The highest BCUT2D eigenvalue weighted by molar-refractivity contribution is 5.95. The molecule has 118 valence electrons. The van der Waals surface area contributed by atoms with E-state index in [0.717, 1.165) is 28.0 Å². The number of imidazole rings is 1. The summed E-state index contributed by atoms with van der Waals surface area (Å²) in [5, 5.41) is 3.84. The van der Waals surface area contributed by atoms with E-state index < -0.39 is 0 Å². The molecule has 0 bridgehead atoms. The smallest absolute Gasteiger partial charge is 0.250 e. The van der Waals surface area contributed by atoms with E-state index in [1.54, 1.807) is 6.20 Å². The van der Waals surface area contributed by atoms with E-state index in [1.807, 2.05) is 49.0 Å². The Morgan fingerprint density at radius 1 is 1.35 bits per heavy atom. The number of benzene rings is 1. The topological polar surface area (TPSA) is 69.0 Å². The number of nitrogens with one attached hydrogen (secondary N) is 1. The largest absolute Gasteiger partial charge is 0.375 e. The molecule has 0 radical (unpaired) electrons. The summed E-state index contributed by atoms with van der Waals surface area (Å²) in [5.74, 6) is 0.618. The average molecular weight is 310 g/mol. The van der Waals surface area contributed by atoms with E-state index in [9.17, 15) is 4.79 Å². The van der Waals surface area contributed by atoms with Gasteiger partial charge in [0.2, 0.25) is 5.91 Å². The fourth-order valence-electron chi connectivity index (χ4n) is 2.54. The van der Waals surface area contributed by atoms with Crippen LogP contribution in [-0.4, -0.2) is 34.2 Å². The van der Waals surface area contributed by atoms with Gasteiger partial charge in [0.25, 0.3) is 0 Å². The molecule has 1 N–H and O–H groups in total. The second-order valence-electron chi connectivity index (χ2n) is 5.40. The van der Waals surface area contributed by atoms with E-state index in [0.29, 0.717) is 5.69 Å². The van der Waals surface area contributed by atoms with Crippen molar-refractivity contribution in [1.82, 2.24) is 14.5 Å². The van der Waals surface area contributed by atoms with Crippen molar-refractivity contribution in [3.05, 3.63) is 42.2 Å². The minimum Gasteiger partial charge on any atom is -0.375 e. The van der Waals surface area contributed by atoms with Gasteiger partial charge in [0.15, 0.2) is 5.82 Å². The maximum Gasteiger partial charge on any atom is 0.250 e. The molecule has 0 aliphatic heterocycles. The highest BCUT2D eigenvalue weighted by atomic mass is 16.5. The van der Waals surface area contributed by atoms with Crippen LogP contribution in [0.15, 0.2) is 36.7 Å². The number of amides is 1. The summed E-state index contributed by atoms with van der Waals surface area (Å²) in [4.78, 5) is 20.7. The van der Waals surface area contributed by atoms with Crippen molar-refractivity contribution < 1.29 is 9.53 Å². The van der Waals surface area contributed by atoms with Gasteiger partial charge in [0.05, 0.1) is 5.52 Å². The quantitative estimate of drug-likeness (QED) is 0.804. The minimum absolute atomic E-state index is 0.0256. The Labute approximate surface area is 134 Å². The Morgan fingerprint density at radius 2 is 2.17 bits per heavy atom. The summed E-state index contributed by atoms with van der Waals surface area (Å²) in [5.41, 5.74) is 3.44. The maximum absolute atomic E-state index is 11.6. The monoisotopic (exact) mass is 310 g/mol. The summed E-state index contributed by atoms with van der Waals surface area (Å²) in [6.45, 7) is 2.07.